The number of hydrogen-bond donors (Lipinski definition) is 1. The maximum absolute atomic E-state index is 13.0. The lowest BCUT2D eigenvalue weighted by molar-refractivity contribution is 0.00158. The van der Waals surface area contributed by atoms with Gasteiger partial charge in [0, 0.05) is 50.5 Å². The summed E-state index contributed by atoms with van der Waals surface area (Å²) < 4.78 is 5.45. The van der Waals surface area contributed by atoms with E-state index < -0.39 is 0 Å². The molecule has 1 aromatic heterocycles. The van der Waals surface area contributed by atoms with Crippen molar-refractivity contribution in [2.45, 2.75) is 62.8 Å². The van der Waals surface area contributed by atoms with Crippen molar-refractivity contribution in [3.63, 3.8) is 0 Å². The van der Waals surface area contributed by atoms with Crippen LogP contribution in [0.3, 0.4) is 0 Å². The molecular formula is C22H32N4O3. The van der Waals surface area contributed by atoms with Crippen molar-refractivity contribution in [3.05, 3.63) is 23.9 Å². The minimum atomic E-state index is -0.176. The van der Waals surface area contributed by atoms with Crippen molar-refractivity contribution in [3.8, 4) is 0 Å². The van der Waals surface area contributed by atoms with Gasteiger partial charge in [0.05, 0.1) is 24.9 Å². The van der Waals surface area contributed by atoms with Gasteiger partial charge in [0.25, 0.3) is 5.91 Å². The van der Waals surface area contributed by atoms with E-state index in [-0.39, 0.29) is 12.0 Å². The van der Waals surface area contributed by atoms with Crippen molar-refractivity contribution in [2.24, 2.45) is 0 Å². The number of ether oxygens (including phenoxy) is 1. The summed E-state index contributed by atoms with van der Waals surface area (Å²) in [5.41, 5.74) is 0.683. The Balaban J connectivity index is 1.19. The van der Waals surface area contributed by atoms with E-state index in [9.17, 15) is 9.90 Å². The number of aliphatic hydroxyl groups is 1. The summed E-state index contributed by atoms with van der Waals surface area (Å²) in [5, 5.41) is 10.0. The van der Waals surface area contributed by atoms with Crippen LogP contribution < -0.4 is 4.90 Å². The number of aliphatic hydroxyl groups excluding tert-OH is 1. The maximum atomic E-state index is 13.0. The topological polar surface area (TPSA) is 69.1 Å². The Bertz CT molecular complexity index is 699. The molecule has 1 N–H and O–H groups in total. The number of morpholine rings is 1. The van der Waals surface area contributed by atoms with E-state index in [4.69, 9.17) is 4.74 Å². The predicted octanol–water partition coefficient (Wildman–Crippen LogP) is 1.51. The molecule has 7 heteroatoms. The van der Waals surface area contributed by atoms with Gasteiger partial charge in [0.15, 0.2) is 0 Å². The molecule has 29 heavy (non-hydrogen) atoms. The van der Waals surface area contributed by atoms with Gasteiger partial charge >= 0.3 is 0 Å². The third-order valence-corrected chi connectivity index (χ3v) is 7.28. The normalized spacial score (nSPS) is 31.3. The number of aromatic nitrogens is 1. The van der Waals surface area contributed by atoms with Gasteiger partial charge in [-0.1, -0.05) is 0 Å². The van der Waals surface area contributed by atoms with Crippen LogP contribution >= 0.6 is 0 Å². The summed E-state index contributed by atoms with van der Waals surface area (Å²) in [6.07, 6.45) is 7.56. The molecule has 5 rings (SSSR count). The van der Waals surface area contributed by atoms with Crippen LogP contribution in [0.25, 0.3) is 0 Å². The first kappa shape index (κ1) is 19.3. The lowest BCUT2D eigenvalue weighted by Gasteiger charge is -2.40. The van der Waals surface area contributed by atoms with Crippen LogP contribution in [-0.2, 0) is 4.74 Å². The Morgan fingerprint density at radius 1 is 0.966 bits per heavy atom. The van der Waals surface area contributed by atoms with Gasteiger partial charge in [-0.25, -0.2) is 4.98 Å². The molecule has 1 amide bonds. The summed E-state index contributed by atoms with van der Waals surface area (Å²) >= 11 is 0. The molecule has 4 aliphatic rings. The molecular weight excluding hydrogens is 368 g/mol. The fourth-order valence-corrected chi connectivity index (χ4v) is 5.75. The zero-order chi connectivity index (χ0) is 19.8. The Labute approximate surface area is 172 Å². The van der Waals surface area contributed by atoms with Crippen LogP contribution in [0.1, 0.15) is 48.9 Å². The smallest absolute Gasteiger partial charge is 0.255 e. The van der Waals surface area contributed by atoms with E-state index in [1.807, 2.05) is 17.0 Å². The molecule has 7 nitrogen and oxygen atoms in total. The summed E-state index contributed by atoms with van der Waals surface area (Å²) in [6.45, 7) is 5.32. The molecule has 4 aliphatic heterocycles. The Morgan fingerprint density at radius 2 is 1.66 bits per heavy atom. The van der Waals surface area contributed by atoms with E-state index in [0.717, 1.165) is 83.7 Å². The first-order valence-corrected chi connectivity index (χ1v) is 11.2. The monoisotopic (exact) mass is 400 g/mol. The largest absolute Gasteiger partial charge is 0.393 e. The van der Waals surface area contributed by atoms with Crippen LogP contribution in [0.4, 0.5) is 5.82 Å². The third kappa shape index (κ3) is 3.88. The average Bonchev–Trinajstić information content (AvgIpc) is 3.05. The number of pyridine rings is 1. The molecule has 5 heterocycles. The van der Waals surface area contributed by atoms with Crippen molar-refractivity contribution < 1.29 is 14.6 Å². The Morgan fingerprint density at radius 3 is 2.28 bits per heavy atom. The van der Waals surface area contributed by atoms with Gasteiger partial charge in [0.2, 0.25) is 0 Å². The van der Waals surface area contributed by atoms with Crippen LogP contribution in [0.15, 0.2) is 18.3 Å². The standard InChI is InChI=1S/C22H32N4O3/c27-20-13-18-2-3-19(14-20)26(18)21-4-1-16(15-23-21)22(28)25-7-5-17(6-8-25)24-9-11-29-12-10-24/h1,4,15,17-20,27H,2-3,5-14H2. The fraction of sp³-hybridized carbons (Fsp3) is 0.727. The quantitative estimate of drug-likeness (QED) is 0.830. The molecule has 0 spiro atoms. The number of carbonyl (C=O) groups excluding carboxylic acids is 1. The fourth-order valence-electron chi connectivity index (χ4n) is 5.75. The van der Waals surface area contributed by atoms with E-state index in [0.29, 0.717) is 23.7 Å². The van der Waals surface area contributed by atoms with Gasteiger partial charge < -0.3 is 19.6 Å². The van der Waals surface area contributed by atoms with Gasteiger partial charge in [0.1, 0.15) is 5.82 Å². The summed E-state index contributed by atoms with van der Waals surface area (Å²) in [7, 11) is 0. The summed E-state index contributed by atoms with van der Waals surface area (Å²) in [5.74, 6) is 1.05. The van der Waals surface area contributed by atoms with Crippen molar-refractivity contribution in [1.82, 2.24) is 14.8 Å². The molecule has 4 fully saturated rings. The zero-order valence-corrected chi connectivity index (χ0v) is 17.1. The number of carbonyl (C=O) groups is 1. The molecule has 2 bridgehead atoms. The molecule has 0 radical (unpaired) electrons. The number of nitrogens with zero attached hydrogens (tertiary/aromatic N) is 4. The van der Waals surface area contributed by atoms with Gasteiger partial charge in [-0.15, -0.1) is 0 Å². The molecule has 4 saturated heterocycles. The second-order valence-corrected chi connectivity index (χ2v) is 8.99. The number of likely N-dealkylation sites (tertiary alicyclic amines) is 1. The highest BCUT2D eigenvalue weighted by Crippen LogP contribution is 2.38. The van der Waals surface area contributed by atoms with Crippen LogP contribution in [0, 0.1) is 0 Å². The molecule has 0 aromatic carbocycles. The maximum Gasteiger partial charge on any atom is 0.255 e. The molecule has 158 valence electrons. The third-order valence-electron chi connectivity index (χ3n) is 7.28. The van der Waals surface area contributed by atoms with Gasteiger partial charge in [-0.3, -0.25) is 9.69 Å². The van der Waals surface area contributed by atoms with Crippen LogP contribution in [0.2, 0.25) is 0 Å². The van der Waals surface area contributed by atoms with E-state index in [1.54, 1.807) is 6.20 Å². The number of hydrogen-bond acceptors (Lipinski definition) is 6. The van der Waals surface area contributed by atoms with Crippen molar-refractivity contribution in [2.75, 3.05) is 44.3 Å². The first-order chi connectivity index (χ1) is 14.2. The summed E-state index contributed by atoms with van der Waals surface area (Å²) in [4.78, 5) is 24.5. The highest BCUT2D eigenvalue weighted by atomic mass is 16.5. The van der Waals surface area contributed by atoms with E-state index in [2.05, 4.69) is 14.8 Å². The highest BCUT2D eigenvalue weighted by Gasteiger charge is 2.40. The predicted molar refractivity (Wildman–Crippen MR) is 110 cm³/mol. The molecule has 0 aliphatic carbocycles. The second kappa shape index (κ2) is 8.20. The number of anilines is 1. The molecule has 1 aromatic rings. The summed E-state index contributed by atoms with van der Waals surface area (Å²) in [6, 6.07) is 5.28. The number of rotatable bonds is 3. The molecule has 0 saturated carbocycles. The minimum absolute atomic E-state index is 0.0986. The van der Waals surface area contributed by atoms with E-state index >= 15 is 0 Å². The van der Waals surface area contributed by atoms with Crippen molar-refractivity contribution >= 4 is 11.7 Å². The number of amides is 1. The molecule has 2 atom stereocenters. The average molecular weight is 401 g/mol. The highest BCUT2D eigenvalue weighted by molar-refractivity contribution is 5.94. The Kier molecular flexibility index (Phi) is 5.45. The van der Waals surface area contributed by atoms with Crippen molar-refractivity contribution in [1.29, 1.82) is 0 Å². The number of fused-ring (bicyclic) bond motifs is 2. The lowest BCUT2D eigenvalue weighted by Crippen LogP contribution is -2.50. The second-order valence-electron chi connectivity index (χ2n) is 8.99. The molecule has 2 unspecified atom stereocenters. The first-order valence-electron chi connectivity index (χ1n) is 11.2. The number of piperidine rings is 2. The van der Waals surface area contributed by atoms with Crippen LogP contribution in [-0.4, -0.2) is 89.4 Å². The lowest BCUT2D eigenvalue weighted by atomic mass is 10.00. The minimum Gasteiger partial charge on any atom is -0.393 e. The zero-order valence-electron chi connectivity index (χ0n) is 17.1. The van der Waals surface area contributed by atoms with Gasteiger partial charge in [-0.05, 0) is 50.7 Å². The Hall–Kier alpha value is -1.70. The van der Waals surface area contributed by atoms with Crippen LogP contribution in [0.5, 0.6) is 0 Å². The SMILES string of the molecule is O=C(c1ccc(N2C3CCC2CC(O)C3)nc1)N1CCC(N2CCOCC2)CC1. The van der Waals surface area contributed by atoms with Gasteiger partial charge in [-0.2, -0.15) is 0 Å². The van der Waals surface area contributed by atoms with E-state index in [1.165, 1.54) is 0 Å².